The number of rotatable bonds is 12. The van der Waals surface area contributed by atoms with Gasteiger partial charge in [-0.25, -0.2) is 4.79 Å². The van der Waals surface area contributed by atoms with E-state index in [1.807, 2.05) is 0 Å². The Labute approximate surface area is 120 Å². The van der Waals surface area contributed by atoms with Crippen molar-refractivity contribution in [2.45, 2.75) is 83.5 Å². The molecule has 0 aromatic rings. The Morgan fingerprint density at radius 3 is 1.58 bits per heavy atom. The van der Waals surface area contributed by atoms with E-state index in [1.54, 1.807) is 0 Å². The summed E-state index contributed by atoms with van der Waals surface area (Å²) in [6.45, 7) is 10.5. The molecule has 0 rings (SSSR count). The number of carboxylic acid groups (broad SMARTS) is 1. The minimum atomic E-state index is -1.46. The number of hydrogen-bond acceptors (Lipinski definition) is 1. The summed E-state index contributed by atoms with van der Waals surface area (Å²) < 4.78 is 0. The smallest absolute Gasteiger partial charge is 0.330 e. The van der Waals surface area contributed by atoms with Crippen molar-refractivity contribution in [3.8, 4) is 0 Å². The van der Waals surface area contributed by atoms with E-state index in [4.69, 9.17) is 5.11 Å². The van der Waals surface area contributed by atoms with Gasteiger partial charge in [-0.1, -0.05) is 84.0 Å². The Morgan fingerprint density at radius 2 is 1.32 bits per heavy atom. The molecule has 0 amide bonds. The van der Waals surface area contributed by atoms with Gasteiger partial charge in [0.15, 0.2) is 0 Å². The average molecular weight is 285 g/mol. The second-order valence-electron chi connectivity index (χ2n) is 5.90. The summed E-state index contributed by atoms with van der Waals surface area (Å²) in [5.41, 5.74) is 0.454. The van der Waals surface area contributed by atoms with Gasteiger partial charge in [-0.15, -0.1) is 0 Å². The first-order valence-electron chi connectivity index (χ1n) is 7.92. The highest BCUT2D eigenvalue weighted by atomic mass is 28.3. The molecule has 0 aromatic carbocycles. The molecule has 0 spiro atoms. The SMILES string of the molecule is C=C(C[Si](CCCC)(CCCC)CCCC)C(=O)O. The third-order valence-electron chi connectivity index (χ3n) is 4.07. The number of aliphatic carboxylic acids is 1. The van der Waals surface area contributed by atoms with E-state index < -0.39 is 14.0 Å². The van der Waals surface area contributed by atoms with Gasteiger partial charge in [0, 0.05) is 5.57 Å². The summed E-state index contributed by atoms with van der Waals surface area (Å²) in [5, 5.41) is 9.14. The molecule has 0 bridgehead atoms. The van der Waals surface area contributed by atoms with Crippen LogP contribution < -0.4 is 0 Å². The predicted octanol–water partition coefficient (Wildman–Crippen LogP) is 5.48. The molecule has 19 heavy (non-hydrogen) atoms. The van der Waals surface area contributed by atoms with Crippen LogP contribution in [0.5, 0.6) is 0 Å². The minimum Gasteiger partial charge on any atom is -0.478 e. The van der Waals surface area contributed by atoms with Crippen LogP contribution in [0.2, 0.25) is 24.2 Å². The van der Waals surface area contributed by atoms with Crippen LogP contribution in [-0.4, -0.2) is 19.1 Å². The molecule has 0 aliphatic rings. The largest absolute Gasteiger partial charge is 0.478 e. The first-order valence-corrected chi connectivity index (χ1v) is 10.7. The Balaban J connectivity index is 4.85. The van der Waals surface area contributed by atoms with Crippen molar-refractivity contribution in [3.63, 3.8) is 0 Å². The van der Waals surface area contributed by atoms with Crippen molar-refractivity contribution in [3.05, 3.63) is 12.2 Å². The van der Waals surface area contributed by atoms with Crippen molar-refractivity contribution in [1.29, 1.82) is 0 Å². The quantitative estimate of drug-likeness (QED) is 0.381. The third-order valence-corrected chi connectivity index (χ3v) is 9.49. The van der Waals surface area contributed by atoms with E-state index in [-0.39, 0.29) is 0 Å². The van der Waals surface area contributed by atoms with E-state index in [0.717, 1.165) is 6.04 Å². The van der Waals surface area contributed by atoms with Crippen LogP contribution in [0.4, 0.5) is 0 Å². The van der Waals surface area contributed by atoms with Crippen LogP contribution in [0, 0.1) is 0 Å². The molecule has 0 fully saturated rings. The summed E-state index contributed by atoms with van der Waals surface area (Å²) in [6, 6.07) is 4.67. The van der Waals surface area contributed by atoms with Crippen molar-refractivity contribution in [2.75, 3.05) is 0 Å². The number of carboxylic acids is 1. The summed E-state index contributed by atoms with van der Waals surface area (Å²) in [6.07, 6.45) is 7.41. The zero-order valence-corrected chi connectivity index (χ0v) is 14.1. The summed E-state index contributed by atoms with van der Waals surface area (Å²) in [5.74, 6) is -0.790. The predicted molar refractivity (Wildman–Crippen MR) is 86.5 cm³/mol. The van der Waals surface area contributed by atoms with Crippen molar-refractivity contribution >= 4 is 14.0 Å². The number of hydrogen-bond donors (Lipinski definition) is 1. The lowest BCUT2D eigenvalue weighted by atomic mass is 10.3. The van der Waals surface area contributed by atoms with Crippen LogP contribution in [-0.2, 0) is 4.79 Å². The number of carbonyl (C=O) groups is 1. The third kappa shape index (κ3) is 7.56. The molecule has 0 radical (unpaired) electrons. The van der Waals surface area contributed by atoms with E-state index in [1.165, 1.54) is 56.7 Å². The molecule has 1 N–H and O–H groups in total. The van der Waals surface area contributed by atoms with Gasteiger partial charge in [-0.2, -0.15) is 0 Å². The summed E-state index contributed by atoms with van der Waals surface area (Å²) >= 11 is 0. The van der Waals surface area contributed by atoms with Gasteiger partial charge in [0.2, 0.25) is 0 Å². The monoisotopic (exact) mass is 284 g/mol. The molecule has 0 heterocycles. The van der Waals surface area contributed by atoms with Gasteiger partial charge in [0.05, 0.1) is 8.07 Å². The highest BCUT2D eigenvalue weighted by molar-refractivity contribution is 6.80. The van der Waals surface area contributed by atoms with E-state index in [9.17, 15) is 4.79 Å². The Morgan fingerprint density at radius 1 is 0.947 bits per heavy atom. The normalized spacial score (nSPS) is 11.5. The molecule has 3 heteroatoms. The van der Waals surface area contributed by atoms with Crippen LogP contribution in [0.3, 0.4) is 0 Å². The maximum absolute atomic E-state index is 11.1. The topological polar surface area (TPSA) is 37.3 Å². The second kappa shape index (κ2) is 10.2. The highest BCUT2D eigenvalue weighted by Gasteiger charge is 2.32. The average Bonchev–Trinajstić information content (AvgIpc) is 2.40. The number of unbranched alkanes of at least 4 members (excludes halogenated alkanes) is 3. The molecular weight excluding hydrogens is 252 g/mol. The van der Waals surface area contributed by atoms with Gasteiger partial charge in [0.25, 0.3) is 0 Å². The van der Waals surface area contributed by atoms with E-state index in [0.29, 0.717) is 5.57 Å². The van der Waals surface area contributed by atoms with Crippen LogP contribution in [0.25, 0.3) is 0 Å². The highest BCUT2D eigenvalue weighted by Crippen LogP contribution is 2.34. The zero-order valence-electron chi connectivity index (χ0n) is 13.1. The fraction of sp³-hybridized carbons (Fsp3) is 0.812. The molecule has 0 unspecified atom stereocenters. The van der Waals surface area contributed by atoms with Gasteiger partial charge >= 0.3 is 5.97 Å². The lowest BCUT2D eigenvalue weighted by Crippen LogP contribution is -2.35. The molecule has 2 nitrogen and oxygen atoms in total. The fourth-order valence-electron chi connectivity index (χ4n) is 2.82. The van der Waals surface area contributed by atoms with Gasteiger partial charge in [-0.3, -0.25) is 0 Å². The van der Waals surface area contributed by atoms with E-state index in [2.05, 4.69) is 27.4 Å². The van der Waals surface area contributed by atoms with Gasteiger partial charge < -0.3 is 5.11 Å². The zero-order chi connectivity index (χ0) is 14.7. The van der Waals surface area contributed by atoms with Crippen molar-refractivity contribution in [1.82, 2.24) is 0 Å². The Hall–Kier alpha value is -0.573. The standard InChI is InChI=1S/C16H32O2Si/c1-5-8-11-19(12-9-6-2,13-10-7-3)14-15(4)16(17)18/h4-14H2,1-3H3,(H,17,18). The maximum Gasteiger partial charge on any atom is 0.330 e. The lowest BCUT2D eigenvalue weighted by Gasteiger charge is -2.32. The molecular formula is C16H32O2Si. The second-order valence-corrected chi connectivity index (χ2v) is 10.7. The van der Waals surface area contributed by atoms with Crippen molar-refractivity contribution < 1.29 is 9.90 Å². The lowest BCUT2D eigenvalue weighted by molar-refractivity contribution is -0.132. The first kappa shape index (κ1) is 18.4. The summed E-state index contributed by atoms with van der Waals surface area (Å²) in [7, 11) is -1.46. The molecule has 0 atom stereocenters. The van der Waals surface area contributed by atoms with Crippen LogP contribution in [0.1, 0.15) is 59.3 Å². The molecule has 112 valence electrons. The Bertz CT molecular complexity index is 252. The molecule has 0 saturated carbocycles. The fourth-order valence-corrected chi connectivity index (χ4v) is 8.47. The molecule has 0 aromatic heterocycles. The van der Waals surface area contributed by atoms with Crippen molar-refractivity contribution in [2.24, 2.45) is 0 Å². The maximum atomic E-state index is 11.1. The molecule has 0 aliphatic heterocycles. The van der Waals surface area contributed by atoms with E-state index >= 15 is 0 Å². The van der Waals surface area contributed by atoms with Crippen LogP contribution in [0.15, 0.2) is 12.2 Å². The summed E-state index contributed by atoms with van der Waals surface area (Å²) in [4.78, 5) is 11.1. The van der Waals surface area contributed by atoms with Gasteiger partial charge in [0.1, 0.15) is 0 Å². The first-order chi connectivity index (χ1) is 9.01. The van der Waals surface area contributed by atoms with Gasteiger partial charge in [-0.05, 0) is 6.04 Å². The molecule has 0 aliphatic carbocycles. The Kier molecular flexibility index (Phi) is 9.93. The minimum absolute atomic E-state index is 0.454. The molecule has 0 saturated heterocycles. The van der Waals surface area contributed by atoms with Crippen LogP contribution >= 0.6 is 0 Å².